The fourth-order valence-electron chi connectivity index (χ4n) is 4.20. The number of hydrogen-bond donors (Lipinski definition) is 0. The van der Waals surface area contributed by atoms with Gasteiger partial charge in [-0.3, -0.25) is 14.1 Å². The highest BCUT2D eigenvalue weighted by Crippen LogP contribution is 2.38. The van der Waals surface area contributed by atoms with Gasteiger partial charge in [0, 0.05) is 35.7 Å². The molecular weight excluding hydrogens is 434 g/mol. The number of halogens is 1. The molecule has 0 spiro atoms. The second-order valence-electron chi connectivity index (χ2n) is 7.55. The maximum absolute atomic E-state index is 12.5. The average molecular weight is 456 g/mol. The summed E-state index contributed by atoms with van der Waals surface area (Å²) in [6.07, 6.45) is 4.86. The monoisotopic (exact) mass is 455 g/mol. The molecule has 7 heteroatoms. The van der Waals surface area contributed by atoms with E-state index in [1.807, 2.05) is 18.2 Å². The van der Waals surface area contributed by atoms with E-state index in [-0.39, 0.29) is 11.6 Å². The van der Waals surface area contributed by atoms with Gasteiger partial charge in [-0.25, -0.2) is 4.98 Å². The molecular formula is C22H22BrN3O3. The minimum atomic E-state index is -0.0578. The van der Waals surface area contributed by atoms with Crippen LogP contribution >= 0.6 is 15.9 Å². The highest BCUT2D eigenvalue weighted by molar-refractivity contribution is 9.10. The van der Waals surface area contributed by atoms with Crippen molar-refractivity contribution < 1.29 is 9.47 Å². The summed E-state index contributed by atoms with van der Waals surface area (Å²) in [4.78, 5) is 19.6. The van der Waals surface area contributed by atoms with Gasteiger partial charge in [0.1, 0.15) is 5.65 Å². The maximum atomic E-state index is 12.5. The molecule has 0 N–H and O–H groups in total. The van der Waals surface area contributed by atoms with Crippen molar-refractivity contribution in [3.05, 3.63) is 68.7 Å². The molecule has 150 valence electrons. The summed E-state index contributed by atoms with van der Waals surface area (Å²) < 4.78 is 14.1. The molecule has 0 radical (unpaired) electrons. The quantitative estimate of drug-likeness (QED) is 0.598. The molecule has 3 aromatic rings. The van der Waals surface area contributed by atoms with Crippen molar-refractivity contribution in [2.75, 3.05) is 19.8 Å². The molecule has 1 fully saturated rings. The molecule has 1 aromatic carbocycles. The van der Waals surface area contributed by atoms with Gasteiger partial charge in [0.25, 0.3) is 5.56 Å². The highest BCUT2D eigenvalue weighted by atomic mass is 79.9. The summed E-state index contributed by atoms with van der Waals surface area (Å²) in [6.45, 7) is 3.02. The Balaban J connectivity index is 1.42. The smallest absolute Gasteiger partial charge is 0.258 e. The first kappa shape index (κ1) is 18.6. The number of pyridine rings is 1. The Kier molecular flexibility index (Phi) is 5.01. The van der Waals surface area contributed by atoms with Crippen molar-refractivity contribution in [1.29, 1.82) is 0 Å². The Labute approximate surface area is 177 Å². The van der Waals surface area contributed by atoms with Gasteiger partial charge in [-0.2, -0.15) is 0 Å². The topological polar surface area (TPSA) is 56.1 Å². The maximum Gasteiger partial charge on any atom is 0.258 e. The number of aromatic nitrogens is 2. The number of ether oxygens (including phenoxy) is 2. The van der Waals surface area contributed by atoms with Crippen LogP contribution in [0.2, 0.25) is 0 Å². The van der Waals surface area contributed by atoms with Crippen LogP contribution in [0, 0.1) is 0 Å². The third-order valence-electron chi connectivity index (χ3n) is 5.56. The van der Waals surface area contributed by atoms with E-state index in [4.69, 9.17) is 14.5 Å². The number of benzene rings is 1. The summed E-state index contributed by atoms with van der Waals surface area (Å²) >= 11 is 3.41. The Bertz CT molecular complexity index is 1110. The van der Waals surface area contributed by atoms with Gasteiger partial charge in [0.05, 0.1) is 18.9 Å². The minimum absolute atomic E-state index is 0.0578. The van der Waals surface area contributed by atoms with Crippen molar-refractivity contribution in [3.63, 3.8) is 0 Å². The summed E-state index contributed by atoms with van der Waals surface area (Å²) in [5.41, 5.74) is 2.64. The van der Waals surface area contributed by atoms with Gasteiger partial charge >= 0.3 is 0 Å². The zero-order valence-electron chi connectivity index (χ0n) is 16.0. The summed E-state index contributed by atoms with van der Waals surface area (Å²) in [7, 11) is 0. The Hall–Kier alpha value is -2.38. The van der Waals surface area contributed by atoms with E-state index in [1.165, 1.54) is 5.56 Å². The van der Waals surface area contributed by atoms with Crippen LogP contribution in [0.5, 0.6) is 11.5 Å². The highest BCUT2D eigenvalue weighted by Gasteiger charge is 2.27. The van der Waals surface area contributed by atoms with E-state index in [2.05, 4.69) is 33.0 Å². The third-order valence-corrected chi connectivity index (χ3v) is 6.03. The molecule has 1 saturated heterocycles. The number of fused-ring (bicyclic) bond motifs is 2. The standard InChI is InChI=1S/C22H22BrN3O3/c23-16-5-7-21-24-17(12-22(27)26(21)13-16)14-25-8-1-3-18(25)15-4-6-19-20(11-15)29-10-2-9-28-19/h4-7,11-13,18H,1-3,8-10,14H2/t18-/m1/s1. The molecule has 0 unspecified atom stereocenters. The Morgan fingerprint density at radius 3 is 2.83 bits per heavy atom. The van der Waals surface area contributed by atoms with Crippen molar-refractivity contribution in [2.24, 2.45) is 0 Å². The molecule has 0 amide bonds. The number of hydrogen-bond acceptors (Lipinski definition) is 5. The van der Waals surface area contributed by atoms with E-state index in [9.17, 15) is 4.79 Å². The molecule has 2 aliphatic rings. The first-order chi connectivity index (χ1) is 14.2. The lowest BCUT2D eigenvalue weighted by Gasteiger charge is -2.25. The number of nitrogens with zero attached hydrogens (tertiary/aromatic N) is 3. The lowest BCUT2D eigenvalue weighted by atomic mass is 10.0. The van der Waals surface area contributed by atoms with Crippen LogP contribution in [-0.4, -0.2) is 34.0 Å². The van der Waals surface area contributed by atoms with Gasteiger partial charge in [0.15, 0.2) is 11.5 Å². The second-order valence-corrected chi connectivity index (χ2v) is 8.46. The molecule has 5 rings (SSSR count). The summed E-state index contributed by atoms with van der Waals surface area (Å²) in [5.74, 6) is 1.66. The van der Waals surface area contributed by atoms with E-state index in [0.29, 0.717) is 25.4 Å². The van der Waals surface area contributed by atoms with E-state index in [0.717, 1.165) is 47.5 Å². The van der Waals surface area contributed by atoms with Gasteiger partial charge in [0.2, 0.25) is 0 Å². The molecule has 4 heterocycles. The van der Waals surface area contributed by atoms with Crippen LogP contribution in [-0.2, 0) is 6.54 Å². The lowest BCUT2D eigenvalue weighted by Crippen LogP contribution is -2.25. The largest absolute Gasteiger partial charge is 0.490 e. The van der Waals surface area contributed by atoms with Crippen molar-refractivity contribution in [2.45, 2.75) is 31.8 Å². The van der Waals surface area contributed by atoms with Crippen LogP contribution < -0.4 is 15.0 Å². The molecule has 29 heavy (non-hydrogen) atoms. The number of likely N-dealkylation sites (tertiary alicyclic amines) is 1. The minimum Gasteiger partial charge on any atom is -0.490 e. The average Bonchev–Trinajstić information content (AvgIpc) is 3.04. The summed E-state index contributed by atoms with van der Waals surface area (Å²) in [5, 5.41) is 0. The SMILES string of the molecule is O=c1cc(CN2CCC[C@@H]2c2ccc3c(c2)OCCCO3)nc2ccc(Br)cn12. The van der Waals surface area contributed by atoms with Gasteiger partial charge in [-0.1, -0.05) is 6.07 Å². The Morgan fingerprint density at radius 2 is 1.93 bits per heavy atom. The summed E-state index contributed by atoms with van der Waals surface area (Å²) in [6, 6.07) is 12.0. The predicted molar refractivity (Wildman–Crippen MR) is 114 cm³/mol. The molecule has 2 aliphatic heterocycles. The van der Waals surface area contributed by atoms with E-state index >= 15 is 0 Å². The second kappa shape index (κ2) is 7.80. The van der Waals surface area contributed by atoms with Crippen LogP contribution in [0.15, 0.2) is 51.9 Å². The zero-order valence-corrected chi connectivity index (χ0v) is 17.6. The van der Waals surface area contributed by atoms with Crippen molar-refractivity contribution in [1.82, 2.24) is 14.3 Å². The molecule has 0 bridgehead atoms. The van der Waals surface area contributed by atoms with Gasteiger partial charge in [-0.15, -0.1) is 0 Å². The molecule has 6 nitrogen and oxygen atoms in total. The van der Waals surface area contributed by atoms with Crippen LogP contribution in [0.25, 0.3) is 5.65 Å². The Morgan fingerprint density at radius 1 is 1.07 bits per heavy atom. The van der Waals surface area contributed by atoms with E-state index in [1.54, 1.807) is 16.7 Å². The van der Waals surface area contributed by atoms with E-state index < -0.39 is 0 Å². The molecule has 1 atom stereocenters. The predicted octanol–water partition coefficient (Wildman–Crippen LogP) is 3.96. The fourth-order valence-corrected chi connectivity index (χ4v) is 4.53. The normalized spacial score (nSPS) is 19.4. The third kappa shape index (κ3) is 3.76. The molecule has 0 aliphatic carbocycles. The fraction of sp³-hybridized carbons (Fsp3) is 0.364. The zero-order chi connectivity index (χ0) is 19.8. The molecule has 2 aromatic heterocycles. The lowest BCUT2D eigenvalue weighted by molar-refractivity contribution is 0.244. The van der Waals surface area contributed by atoms with Crippen molar-refractivity contribution in [3.8, 4) is 11.5 Å². The van der Waals surface area contributed by atoms with Crippen LogP contribution in [0.3, 0.4) is 0 Å². The van der Waals surface area contributed by atoms with Crippen molar-refractivity contribution >= 4 is 21.6 Å². The van der Waals surface area contributed by atoms with Gasteiger partial charge < -0.3 is 9.47 Å². The van der Waals surface area contributed by atoms with Gasteiger partial charge in [-0.05, 0) is 65.1 Å². The van der Waals surface area contributed by atoms with Crippen LogP contribution in [0.4, 0.5) is 0 Å². The molecule has 0 saturated carbocycles. The van der Waals surface area contributed by atoms with Crippen LogP contribution in [0.1, 0.15) is 36.6 Å². The number of rotatable bonds is 3. The first-order valence-electron chi connectivity index (χ1n) is 9.99. The first-order valence-corrected chi connectivity index (χ1v) is 10.8.